The molecule has 0 atom stereocenters. The molecule has 0 saturated heterocycles. The fourth-order valence-electron chi connectivity index (χ4n) is 1.93. The first-order valence-corrected chi connectivity index (χ1v) is 5.84. The molecule has 0 bridgehead atoms. The number of carbonyl (C=O) groups is 1. The van der Waals surface area contributed by atoms with Gasteiger partial charge in [0.1, 0.15) is 6.61 Å². The second-order valence-electron chi connectivity index (χ2n) is 4.63. The summed E-state index contributed by atoms with van der Waals surface area (Å²) >= 11 is 0. The summed E-state index contributed by atoms with van der Waals surface area (Å²) in [5, 5.41) is 0. The van der Waals surface area contributed by atoms with Crippen LogP contribution in [0, 0.1) is 5.92 Å². The molecule has 0 spiro atoms. The van der Waals surface area contributed by atoms with Crippen LogP contribution in [0.3, 0.4) is 0 Å². The van der Waals surface area contributed by atoms with E-state index in [2.05, 4.69) is 18.8 Å². The van der Waals surface area contributed by atoms with E-state index in [0.29, 0.717) is 11.5 Å². The third-order valence-electron chi connectivity index (χ3n) is 2.98. The molecule has 1 aliphatic rings. The lowest BCUT2D eigenvalue weighted by Gasteiger charge is -2.02. The van der Waals surface area contributed by atoms with Crippen LogP contribution in [0.15, 0.2) is 23.2 Å². The number of ether oxygens (including phenoxy) is 1. The SMILES string of the molecule is COCC(=O)c1ccc2c(c1)N=C(C(C)C)C2. The van der Waals surface area contributed by atoms with Crippen LogP contribution in [0.5, 0.6) is 0 Å². The highest BCUT2D eigenvalue weighted by Crippen LogP contribution is 2.29. The Morgan fingerprint density at radius 1 is 1.47 bits per heavy atom. The van der Waals surface area contributed by atoms with Crippen LogP contribution in [0.2, 0.25) is 0 Å². The number of hydrogen-bond donors (Lipinski definition) is 0. The van der Waals surface area contributed by atoms with Gasteiger partial charge in [0.05, 0.1) is 5.69 Å². The highest BCUT2D eigenvalue weighted by atomic mass is 16.5. The first kappa shape index (κ1) is 12.0. The van der Waals surface area contributed by atoms with Crippen LogP contribution in [0.4, 0.5) is 5.69 Å². The Hall–Kier alpha value is -1.48. The molecule has 3 heteroatoms. The summed E-state index contributed by atoms with van der Waals surface area (Å²) in [6, 6.07) is 5.72. The third-order valence-corrected chi connectivity index (χ3v) is 2.98. The Bertz CT molecular complexity index is 475. The number of nitrogens with zero attached hydrogens (tertiary/aromatic N) is 1. The summed E-state index contributed by atoms with van der Waals surface area (Å²) in [5.74, 6) is 0.462. The molecule has 0 aromatic heterocycles. The molecule has 1 aromatic carbocycles. The summed E-state index contributed by atoms with van der Waals surface area (Å²) < 4.78 is 4.85. The Labute approximate surface area is 102 Å². The van der Waals surface area contributed by atoms with Gasteiger partial charge >= 0.3 is 0 Å². The highest BCUT2D eigenvalue weighted by Gasteiger charge is 2.18. The Kier molecular flexibility index (Phi) is 3.38. The van der Waals surface area contributed by atoms with Gasteiger partial charge in [0.2, 0.25) is 0 Å². The van der Waals surface area contributed by atoms with Gasteiger partial charge in [-0.25, -0.2) is 0 Å². The molecule has 0 N–H and O–H groups in total. The predicted octanol–water partition coefficient (Wildman–Crippen LogP) is 2.80. The van der Waals surface area contributed by atoms with Crippen molar-refractivity contribution < 1.29 is 9.53 Å². The first-order valence-electron chi connectivity index (χ1n) is 5.84. The molecule has 0 saturated carbocycles. The quantitative estimate of drug-likeness (QED) is 0.747. The van der Waals surface area contributed by atoms with E-state index >= 15 is 0 Å². The van der Waals surface area contributed by atoms with Crippen molar-refractivity contribution in [3.8, 4) is 0 Å². The number of fused-ring (bicyclic) bond motifs is 1. The zero-order valence-corrected chi connectivity index (χ0v) is 10.5. The van der Waals surface area contributed by atoms with Crippen LogP contribution in [-0.2, 0) is 11.2 Å². The monoisotopic (exact) mass is 231 g/mol. The van der Waals surface area contributed by atoms with Gasteiger partial charge in [0.25, 0.3) is 0 Å². The highest BCUT2D eigenvalue weighted by molar-refractivity contribution is 6.00. The van der Waals surface area contributed by atoms with Gasteiger partial charge in [-0.15, -0.1) is 0 Å². The average molecular weight is 231 g/mol. The van der Waals surface area contributed by atoms with Crippen LogP contribution in [-0.4, -0.2) is 25.2 Å². The van der Waals surface area contributed by atoms with E-state index in [1.165, 1.54) is 18.4 Å². The first-order chi connectivity index (χ1) is 8.11. The molecule has 3 nitrogen and oxygen atoms in total. The number of Topliss-reactive ketones (excluding diaryl/α,β-unsaturated/α-hetero) is 1. The Morgan fingerprint density at radius 3 is 2.88 bits per heavy atom. The minimum absolute atomic E-state index is 0.00324. The normalized spacial score (nSPS) is 13.8. The molecule has 0 aliphatic carbocycles. The van der Waals surface area contributed by atoms with E-state index in [1.807, 2.05) is 18.2 Å². The van der Waals surface area contributed by atoms with E-state index in [1.54, 1.807) is 0 Å². The number of benzene rings is 1. The molecule has 1 aliphatic heterocycles. The van der Waals surface area contributed by atoms with Gasteiger partial charge in [-0.2, -0.15) is 0 Å². The molecule has 17 heavy (non-hydrogen) atoms. The maximum absolute atomic E-state index is 11.7. The molecule has 1 heterocycles. The fourth-order valence-corrected chi connectivity index (χ4v) is 1.93. The molecule has 0 amide bonds. The van der Waals surface area contributed by atoms with E-state index in [4.69, 9.17) is 4.74 Å². The van der Waals surface area contributed by atoms with E-state index < -0.39 is 0 Å². The second-order valence-corrected chi connectivity index (χ2v) is 4.63. The molecule has 2 rings (SSSR count). The van der Waals surface area contributed by atoms with Crippen LogP contribution in [0.1, 0.15) is 29.8 Å². The smallest absolute Gasteiger partial charge is 0.188 e. The van der Waals surface area contributed by atoms with Crippen molar-refractivity contribution in [2.24, 2.45) is 10.9 Å². The van der Waals surface area contributed by atoms with Crippen molar-refractivity contribution in [1.82, 2.24) is 0 Å². The van der Waals surface area contributed by atoms with Crippen molar-refractivity contribution >= 4 is 17.2 Å². The van der Waals surface area contributed by atoms with Gasteiger partial charge in [-0.05, 0) is 17.5 Å². The summed E-state index contributed by atoms with van der Waals surface area (Å²) in [6.45, 7) is 4.41. The standard InChI is InChI=1S/C14H17NO2/c1-9(2)12-6-10-4-5-11(7-13(10)15-12)14(16)8-17-3/h4-5,7,9H,6,8H2,1-3H3. The molecule has 0 radical (unpaired) electrons. The molecular weight excluding hydrogens is 214 g/mol. The summed E-state index contributed by atoms with van der Waals surface area (Å²) in [6.07, 6.45) is 0.908. The summed E-state index contributed by atoms with van der Waals surface area (Å²) in [4.78, 5) is 16.3. The van der Waals surface area contributed by atoms with E-state index in [-0.39, 0.29) is 12.4 Å². The van der Waals surface area contributed by atoms with E-state index in [0.717, 1.165) is 12.1 Å². The lowest BCUT2D eigenvalue weighted by molar-refractivity contribution is 0.0848. The molecule has 0 unspecified atom stereocenters. The van der Waals surface area contributed by atoms with Crippen molar-refractivity contribution in [1.29, 1.82) is 0 Å². The zero-order valence-electron chi connectivity index (χ0n) is 10.5. The lowest BCUT2D eigenvalue weighted by atomic mass is 10.0. The van der Waals surface area contributed by atoms with Crippen LogP contribution in [0.25, 0.3) is 0 Å². The molecule has 1 aromatic rings. The maximum atomic E-state index is 11.7. The molecule has 0 fully saturated rings. The fraction of sp³-hybridized carbons (Fsp3) is 0.429. The Balaban J connectivity index is 2.27. The largest absolute Gasteiger partial charge is 0.377 e. The average Bonchev–Trinajstić information content (AvgIpc) is 2.71. The van der Waals surface area contributed by atoms with Crippen molar-refractivity contribution in [2.75, 3.05) is 13.7 Å². The number of hydrogen-bond acceptors (Lipinski definition) is 3. The zero-order chi connectivity index (χ0) is 12.4. The van der Waals surface area contributed by atoms with Crippen molar-refractivity contribution in [2.45, 2.75) is 20.3 Å². The van der Waals surface area contributed by atoms with Crippen LogP contribution < -0.4 is 0 Å². The van der Waals surface area contributed by atoms with E-state index in [9.17, 15) is 4.79 Å². The second kappa shape index (κ2) is 4.80. The molecular formula is C14H17NO2. The number of methoxy groups -OCH3 is 1. The Morgan fingerprint density at radius 2 is 2.24 bits per heavy atom. The predicted molar refractivity (Wildman–Crippen MR) is 68.3 cm³/mol. The van der Waals surface area contributed by atoms with Gasteiger partial charge in [0.15, 0.2) is 5.78 Å². The molecule has 90 valence electrons. The number of carbonyl (C=O) groups excluding carboxylic acids is 1. The van der Waals surface area contributed by atoms with Gasteiger partial charge < -0.3 is 4.74 Å². The van der Waals surface area contributed by atoms with Crippen LogP contribution >= 0.6 is 0 Å². The minimum Gasteiger partial charge on any atom is -0.377 e. The van der Waals surface area contributed by atoms with Gasteiger partial charge in [0, 0.05) is 24.8 Å². The number of ketones is 1. The number of aliphatic imine (C=N–C) groups is 1. The van der Waals surface area contributed by atoms with Gasteiger partial charge in [-0.1, -0.05) is 26.0 Å². The van der Waals surface area contributed by atoms with Crippen molar-refractivity contribution in [3.05, 3.63) is 29.3 Å². The lowest BCUT2D eigenvalue weighted by Crippen LogP contribution is -2.07. The summed E-state index contributed by atoms with van der Waals surface area (Å²) in [5.41, 5.74) is 4.02. The maximum Gasteiger partial charge on any atom is 0.188 e. The van der Waals surface area contributed by atoms with Crippen molar-refractivity contribution in [3.63, 3.8) is 0 Å². The third kappa shape index (κ3) is 2.44. The minimum atomic E-state index is 0.00324. The summed E-state index contributed by atoms with van der Waals surface area (Å²) in [7, 11) is 1.53. The number of rotatable bonds is 4. The van der Waals surface area contributed by atoms with Gasteiger partial charge in [-0.3, -0.25) is 9.79 Å². The topological polar surface area (TPSA) is 38.7 Å².